The second-order valence-electron chi connectivity index (χ2n) is 7.31. The van der Waals surface area contributed by atoms with Crippen molar-refractivity contribution in [2.75, 3.05) is 7.11 Å². The Hall–Kier alpha value is -3.08. The number of benzene rings is 2. The highest BCUT2D eigenvalue weighted by atomic mass is 16.6. The van der Waals surface area contributed by atoms with Crippen LogP contribution in [0.5, 0.6) is 11.5 Å². The van der Waals surface area contributed by atoms with E-state index in [2.05, 4.69) is 12.6 Å². The SMILES string of the molecule is C=C(C)C(=O)Oc1ccc(C(=O)OC2(CC)CCCc3ccc(OC)cc32)cc1. The lowest BCUT2D eigenvalue weighted by Crippen LogP contribution is -2.35. The number of carbonyl (C=O) groups is 2. The van der Waals surface area contributed by atoms with E-state index >= 15 is 0 Å². The third-order valence-corrected chi connectivity index (χ3v) is 5.34. The van der Waals surface area contributed by atoms with Gasteiger partial charge in [0, 0.05) is 11.1 Å². The quantitative estimate of drug-likeness (QED) is 0.393. The Morgan fingerprint density at radius 2 is 1.79 bits per heavy atom. The van der Waals surface area contributed by atoms with Gasteiger partial charge in [-0.3, -0.25) is 0 Å². The molecule has 5 nitrogen and oxygen atoms in total. The van der Waals surface area contributed by atoms with Crippen LogP contribution in [0.1, 0.15) is 54.6 Å². The first kappa shape index (κ1) is 20.6. The molecule has 3 rings (SSSR count). The van der Waals surface area contributed by atoms with E-state index in [1.165, 1.54) is 5.56 Å². The first-order valence-electron chi connectivity index (χ1n) is 9.77. The van der Waals surface area contributed by atoms with Crippen molar-refractivity contribution in [2.24, 2.45) is 0 Å². The first-order valence-corrected chi connectivity index (χ1v) is 9.77. The molecule has 29 heavy (non-hydrogen) atoms. The number of ether oxygens (including phenoxy) is 3. The maximum absolute atomic E-state index is 12.9. The zero-order chi connectivity index (χ0) is 21.0. The second kappa shape index (κ2) is 8.52. The molecular weight excluding hydrogens is 368 g/mol. The maximum atomic E-state index is 12.9. The largest absolute Gasteiger partial charge is 0.497 e. The summed E-state index contributed by atoms with van der Waals surface area (Å²) in [7, 11) is 1.63. The van der Waals surface area contributed by atoms with Crippen LogP contribution < -0.4 is 9.47 Å². The number of hydrogen-bond acceptors (Lipinski definition) is 5. The molecule has 0 N–H and O–H groups in total. The molecule has 0 bridgehead atoms. The van der Waals surface area contributed by atoms with Gasteiger partial charge in [-0.1, -0.05) is 19.6 Å². The third kappa shape index (κ3) is 4.34. The van der Waals surface area contributed by atoms with Gasteiger partial charge in [0.1, 0.15) is 17.1 Å². The van der Waals surface area contributed by atoms with Crippen molar-refractivity contribution in [3.8, 4) is 11.5 Å². The first-order chi connectivity index (χ1) is 13.9. The molecule has 1 atom stereocenters. The summed E-state index contributed by atoms with van der Waals surface area (Å²) in [6.07, 6.45) is 3.36. The summed E-state index contributed by atoms with van der Waals surface area (Å²) in [5, 5.41) is 0. The minimum Gasteiger partial charge on any atom is -0.497 e. The van der Waals surface area contributed by atoms with Crippen molar-refractivity contribution >= 4 is 11.9 Å². The third-order valence-electron chi connectivity index (χ3n) is 5.34. The van der Waals surface area contributed by atoms with E-state index in [0.29, 0.717) is 23.3 Å². The van der Waals surface area contributed by atoms with Gasteiger partial charge in [0.2, 0.25) is 0 Å². The van der Waals surface area contributed by atoms with Gasteiger partial charge in [-0.25, -0.2) is 9.59 Å². The van der Waals surface area contributed by atoms with Crippen LogP contribution >= 0.6 is 0 Å². The molecule has 0 aromatic heterocycles. The van der Waals surface area contributed by atoms with Gasteiger partial charge in [0.05, 0.1) is 12.7 Å². The monoisotopic (exact) mass is 394 g/mol. The summed E-state index contributed by atoms with van der Waals surface area (Å²) >= 11 is 0. The Kier molecular flexibility index (Phi) is 6.06. The molecule has 0 amide bonds. The van der Waals surface area contributed by atoms with E-state index in [1.807, 2.05) is 19.1 Å². The summed E-state index contributed by atoms with van der Waals surface area (Å²) in [5.41, 5.74) is 2.25. The number of hydrogen-bond donors (Lipinski definition) is 0. The Balaban J connectivity index is 1.82. The fourth-order valence-electron chi connectivity index (χ4n) is 3.66. The van der Waals surface area contributed by atoms with Crippen molar-refractivity contribution in [1.82, 2.24) is 0 Å². The number of rotatable bonds is 6. The van der Waals surface area contributed by atoms with Crippen LogP contribution in [-0.2, 0) is 21.6 Å². The van der Waals surface area contributed by atoms with E-state index in [-0.39, 0.29) is 0 Å². The molecule has 5 heteroatoms. The number of methoxy groups -OCH3 is 1. The molecule has 0 saturated heterocycles. The summed E-state index contributed by atoms with van der Waals surface area (Å²) in [5.74, 6) is 0.203. The summed E-state index contributed by atoms with van der Waals surface area (Å²) in [4.78, 5) is 24.5. The molecule has 1 unspecified atom stereocenters. The van der Waals surface area contributed by atoms with Crippen molar-refractivity contribution in [3.05, 3.63) is 71.3 Å². The van der Waals surface area contributed by atoms with Crippen LogP contribution in [0.25, 0.3) is 0 Å². The number of carbonyl (C=O) groups excluding carboxylic acids is 2. The molecule has 1 aliphatic carbocycles. The van der Waals surface area contributed by atoms with Gasteiger partial charge in [-0.05, 0) is 74.6 Å². The highest BCUT2D eigenvalue weighted by Crippen LogP contribution is 2.43. The average molecular weight is 394 g/mol. The standard InChI is InChI=1S/C24H26O5/c1-5-24(14-6-7-17-8-13-20(27-4)15-21(17)24)29-23(26)18-9-11-19(12-10-18)28-22(25)16(2)3/h8-13,15H,2,5-7,14H2,1,3-4H3. The maximum Gasteiger partial charge on any atom is 0.339 e. The van der Waals surface area contributed by atoms with Crippen molar-refractivity contribution < 1.29 is 23.8 Å². The Morgan fingerprint density at radius 3 is 2.41 bits per heavy atom. The molecule has 0 fully saturated rings. The van der Waals surface area contributed by atoms with Gasteiger partial charge < -0.3 is 14.2 Å². The topological polar surface area (TPSA) is 61.8 Å². The predicted molar refractivity (Wildman–Crippen MR) is 110 cm³/mol. The second-order valence-corrected chi connectivity index (χ2v) is 7.31. The zero-order valence-electron chi connectivity index (χ0n) is 17.1. The molecular formula is C24H26O5. The fraction of sp³-hybridized carbons (Fsp3) is 0.333. The number of aryl methyl sites for hydroxylation is 1. The molecule has 152 valence electrons. The summed E-state index contributed by atoms with van der Waals surface area (Å²) in [6, 6.07) is 12.3. The Morgan fingerprint density at radius 1 is 1.10 bits per heavy atom. The van der Waals surface area contributed by atoms with Gasteiger partial charge in [-0.2, -0.15) is 0 Å². The molecule has 2 aromatic carbocycles. The average Bonchev–Trinajstić information content (AvgIpc) is 2.74. The molecule has 2 aromatic rings. The van der Waals surface area contributed by atoms with Crippen LogP contribution in [-0.4, -0.2) is 19.0 Å². The number of esters is 2. The Bertz CT molecular complexity index is 929. The molecule has 0 aliphatic heterocycles. The molecule has 0 heterocycles. The van der Waals surface area contributed by atoms with Crippen LogP contribution in [0, 0.1) is 0 Å². The van der Waals surface area contributed by atoms with Crippen molar-refractivity contribution in [2.45, 2.75) is 45.1 Å². The predicted octanol–water partition coefficient (Wildman–Crippen LogP) is 4.98. The minimum absolute atomic E-state index is 0.310. The van der Waals surface area contributed by atoms with E-state index in [1.54, 1.807) is 38.3 Å². The lowest BCUT2D eigenvalue weighted by molar-refractivity contribution is -0.130. The highest BCUT2D eigenvalue weighted by molar-refractivity contribution is 5.91. The summed E-state index contributed by atoms with van der Waals surface area (Å²) in [6.45, 7) is 7.16. The normalized spacial score (nSPS) is 17.8. The van der Waals surface area contributed by atoms with Gasteiger partial charge >= 0.3 is 11.9 Å². The van der Waals surface area contributed by atoms with Gasteiger partial charge in [0.15, 0.2) is 0 Å². The summed E-state index contributed by atoms with van der Waals surface area (Å²) < 4.78 is 16.6. The van der Waals surface area contributed by atoms with Crippen LogP contribution in [0.15, 0.2) is 54.6 Å². The lowest BCUT2D eigenvalue weighted by atomic mass is 9.77. The zero-order valence-corrected chi connectivity index (χ0v) is 17.1. The number of fused-ring (bicyclic) bond motifs is 1. The smallest absolute Gasteiger partial charge is 0.339 e. The van der Waals surface area contributed by atoms with Gasteiger partial charge in [-0.15, -0.1) is 0 Å². The van der Waals surface area contributed by atoms with Crippen molar-refractivity contribution in [3.63, 3.8) is 0 Å². The minimum atomic E-state index is -0.676. The Labute approximate surface area is 171 Å². The van der Waals surface area contributed by atoms with E-state index < -0.39 is 17.5 Å². The fourth-order valence-corrected chi connectivity index (χ4v) is 3.66. The molecule has 0 saturated carbocycles. The molecule has 0 radical (unpaired) electrons. The van der Waals surface area contributed by atoms with Crippen LogP contribution in [0.4, 0.5) is 0 Å². The highest BCUT2D eigenvalue weighted by Gasteiger charge is 2.39. The van der Waals surface area contributed by atoms with Crippen LogP contribution in [0.2, 0.25) is 0 Å². The van der Waals surface area contributed by atoms with E-state index in [9.17, 15) is 9.59 Å². The van der Waals surface area contributed by atoms with Crippen LogP contribution in [0.3, 0.4) is 0 Å². The van der Waals surface area contributed by atoms with Crippen molar-refractivity contribution in [1.29, 1.82) is 0 Å². The van der Waals surface area contributed by atoms with E-state index in [4.69, 9.17) is 14.2 Å². The van der Waals surface area contributed by atoms with E-state index in [0.717, 1.165) is 30.6 Å². The lowest BCUT2D eigenvalue weighted by Gasteiger charge is -2.38. The van der Waals surface area contributed by atoms with Gasteiger partial charge in [0.25, 0.3) is 0 Å². The molecule has 1 aliphatic rings. The molecule has 0 spiro atoms.